The first-order chi connectivity index (χ1) is 10.8. The fourth-order valence-corrected chi connectivity index (χ4v) is 4.21. The molecule has 0 aliphatic carbocycles. The van der Waals surface area contributed by atoms with Crippen LogP contribution in [0.4, 0.5) is 0 Å². The summed E-state index contributed by atoms with van der Waals surface area (Å²) < 4.78 is 0. The van der Waals surface area contributed by atoms with E-state index in [0.29, 0.717) is 5.39 Å². The second-order valence-corrected chi connectivity index (χ2v) is 6.54. The van der Waals surface area contributed by atoms with Crippen LogP contribution in [0.1, 0.15) is 0 Å². The molecule has 1 N–H and O–H groups in total. The summed E-state index contributed by atoms with van der Waals surface area (Å²) in [5.41, 5.74) is 0.634. The summed E-state index contributed by atoms with van der Waals surface area (Å²) in [5.74, 6) is -0.117. The van der Waals surface area contributed by atoms with Crippen molar-refractivity contribution in [1.82, 2.24) is 0 Å². The molecule has 0 fully saturated rings. The van der Waals surface area contributed by atoms with Gasteiger partial charge in [0.25, 0.3) is 0 Å². The molecule has 1 aromatic heterocycles. The molecular formula is C19H13O2P. The number of fused-ring (bicyclic) bond motifs is 3. The van der Waals surface area contributed by atoms with Gasteiger partial charge in [0.05, 0.1) is 0 Å². The lowest BCUT2D eigenvalue weighted by molar-refractivity contribution is 0.475. The Balaban J connectivity index is 2.15. The van der Waals surface area contributed by atoms with E-state index in [1.807, 2.05) is 66.7 Å². The second-order valence-electron chi connectivity index (χ2n) is 5.25. The van der Waals surface area contributed by atoms with Gasteiger partial charge in [0.2, 0.25) is 5.43 Å². The zero-order valence-electron chi connectivity index (χ0n) is 11.7. The molecule has 0 aliphatic rings. The molecule has 106 valence electrons. The van der Waals surface area contributed by atoms with Crippen LogP contribution in [0.5, 0.6) is 5.75 Å². The van der Waals surface area contributed by atoms with Crippen LogP contribution in [0.3, 0.4) is 0 Å². The molecule has 2 nitrogen and oxygen atoms in total. The number of benzene rings is 3. The molecule has 4 rings (SSSR count). The van der Waals surface area contributed by atoms with Crippen LogP contribution in [0.2, 0.25) is 0 Å². The molecule has 0 amide bonds. The predicted molar refractivity (Wildman–Crippen MR) is 94.3 cm³/mol. The van der Waals surface area contributed by atoms with Crippen molar-refractivity contribution in [2.45, 2.75) is 0 Å². The average Bonchev–Trinajstić information content (AvgIpc) is 2.58. The number of rotatable bonds is 1. The van der Waals surface area contributed by atoms with Gasteiger partial charge in [0.1, 0.15) is 0 Å². The van der Waals surface area contributed by atoms with Crippen molar-refractivity contribution in [3.63, 3.8) is 0 Å². The molecule has 4 aromatic rings. The number of aromatic hydroxyl groups is 1. The molecule has 22 heavy (non-hydrogen) atoms. The highest BCUT2D eigenvalue weighted by molar-refractivity contribution is 7.40. The highest BCUT2D eigenvalue weighted by Crippen LogP contribution is 2.40. The zero-order valence-corrected chi connectivity index (χ0v) is 12.7. The minimum absolute atomic E-state index is 0.117. The van der Waals surface area contributed by atoms with E-state index in [9.17, 15) is 9.90 Å². The topological polar surface area (TPSA) is 37.3 Å². The van der Waals surface area contributed by atoms with Gasteiger partial charge in [-0.3, -0.25) is 4.79 Å². The van der Waals surface area contributed by atoms with E-state index in [2.05, 4.69) is 0 Å². The summed E-state index contributed by atoms with van der Waals surface area (Å²) in [7, 11) is 0.280. The number of hydrogen-bond acceptors (Lipinski definition) is 2. The maximum atomic E-state index is 12.7. The third-order valence-electron chi connectivity index (χ3n) is 3.93. The van der Waals surface area contributed by atoms with E-state index < -0.39 is 0 Å². The van der Waals surface area contributed by atoms with Crippen LogP contribution in [-0.4, -0.2) is 5.11 Å². The smallest absolute Gasteiger partial charge is 0.229 e. The summed E-state index contributed by atoms with van der Waals surface area (Å²) in [4.78, 5) is 12.7. The molecule has 0 saturated heterocycles. The summed E-state index contributed by atoms with van der Waals surface area (Å²) >= 11 is 0. The molecule has 1 unspecified atom stereocenters. The van der Waals surface area contributed by atoms with Gasteiger partial charge in [-0.1, -0.05) is 60.7 Å². The fourth-order valence-electron chi connectivity index (χ4n) is 2.86. The summed E-state index contributed by atoms with van der Waals surface area (Å²) in [6.45, 7) is 0. The van der Waals surface area contributed by atoms with Crippen molar-refractivity contribution in [3.8, 4) is 16.6 Å². The van der Waals surface area contributed by atoms with Gasteiger partial charge < -0.3 is 5.11 Å². The summed E-state index contributed by atoms with van der Waals surface area (Å²) in [6, 6.07) is 21.5. The normalized spacial score (nSPS) is 11.5. The average molecular weight is 304 g/mol. The van der Waals surface area contributed by atoms with Gasteiger partial charge in [-0.05, 0) is 22.4 Å². The van der Waals surface area contributed by atoms with E-state index in [1.54, 1.807) is 0 Å². The van der Waals surface area contributed by atoms with Crippen molar-refractivity contribution in [2.24, 2.45) is 0 Å². The minimum Gasteiger partial charge on any atom is -0.503 e. The fraction of sp³-hybridized carbons (Fsp3) is 0. The van der Waals surface area contributed by atoms with Gasteiger partial charge in [-0.25, -0.2) is 0 Å². The van der Waals surface area contributed by atoms with Crippen molar-refractivity contribution >= 4 is 29.5 Å². The number of hydrogen-bond donors (Lipinski definition) is 1. The molecule has 3 heteroatoms. The summed E-state index contributed by atoms with van der Waals surface area (Å²) in [5, 5.41) is 14.7. The molecule has 0 saturated carbocycles. The largest absolute Gasteiger partial charge is 0.503 e. The van der Waals surface area contributed by atoms with Gasteiger partial charge in [0.15, 0.2) is 5.75 Å². The van der Waals surface area contributed by atoms with Crippen molar-refractivity contribution in [3.05, 3.63) is 77.0 Å². The van der Waals surface area contributed by atoms with Gasteiger partial charge >= 0.3 is 0 Å². The standard InChI is InChI=1S/C19H13O2P/c20-17-16-14-9-5-4-6-12(14)10-11-15(16)22-19(18(17)21)13-7-2-1-3-8-13/h1-11,21-22H. The van der Waals surface area contributed by atoms with Gasteiger partial charge in [-0.2, -0.15) is 0 Å². The lowest BCUT2D eigenvalue weighted by atomic mass is 10.1. The maximum absolute atomic E-state index is 12.7. The summed E-state index contributed by atoms with van der Waals surface area (Å²) in [6.07, 6.45) is 0. The molecule has 3 aromatic carbocycles. The Morgan fingerprint density at radius 1 is 0.818 bits per heavy atom. The Hall–Kier alpha value is -2.57. The van der Waals surface area contributed by atoms with Crippen molar-refractivity contribution < 1.29 is 5.11 Å². The van der Waals surface area contributed by atoms with Crippen LogP contribution >= 0.6 is 8.19 Å². The second kappa shape index (κ2) is 5.01. The monoisotopic (exact) mass is 304 g/mol. The highest BCUT2D eigenvalue weighted by Gasteiger charge is 2.13. The van der Waals surface area contributed by atoms with Crippen LogP contribution < -0.4 is 5.43 Å². The Bertz CT molecular complexity index is 1050. The molecule has 1 atom stereocenters. The van der Waals surface area contributed by atoms with E-state index >= 15 is 0 Å². The third kappa shape index (κ3) is 1.93. The molecular weight excluding hydrogens is 291 g/mol. The van der Waals surface area contributed by atoms with E-state index in [-0.39, 0.29) is 19.4 Å². The first-order valence-electron chi connectivity index (χ1n) is 7.08. The van der Waals surface area contributed by atoms with Crippen LogP contribution in [-0.2, 0) is 0 Å². The quantitative estimate of drug-likeness (QED) is 0.515. The minimum atomic E-state index is -0.274. The maximum Gasteiger partial charge on any atom is 0.229 e. The first kappa shape index (κ1) is 13.1. The van der Waals surface area contributed by atoms with E-state index in [1.165, 1.54) is 0 Å². The zero-order chi connectivity index (χ0) is 15.1. The lowest BCUT2D eigenvalue weighted by Crippen LogP contribution is -2.01. The molecule has 0 bridgehead atoms. The molecule has 0 spiro atoms. The van der Waals surface area contributed by atoms with Crippen LogP contribution in [0, 0.1) is 0 Å². The first-order valence-corrected chi connectivity index (χ1v) is 8.08. The van der Waals surface area contributed by atoms with Crippen molar-refractivity contribution in [1.29, 1.82) is 0 Å². The van der Waals surface area contributed by atoms with Crippen LogP contribution in [0.15, 0.2) is 71.5 Å². The van der Waals surface area contributed by atoms with Gasteiger partial charge in [0, 0.05) is 15.8 Å². The Labute approximate surface area is 128 Å². The van der Waals surface area contributed by atoms with E-state index in [0.717, 1.165) is 26.7 Å². The lowest BCUT2D eigenvalue weighted by Gasteiger charge is -2.08. The third-order valence-corrected chi connectivity index (χ3v) is 5.39. The van der Waals surface area contributed by atoms with E-state index in [4.69, 9.17) is 0 Å². The van der Waals surface area contributed by atoms with Gasteiger partial charge in [-0.15, -0.1) is 8.19 Å². The highest BCUT2D eigenvalue weighted by atomic mass is 31.0. The van der Waals surface area contributed by atoms with Crippen LogP contribution in [0.25, 0.3) is 32.1 Å². The molecule has 0 aliphatic heterocycles. The Morgan fingerprint density at radius 3 is 2.36 bits per heavy atom. The van der Waals surface area contributed by atoms with Crippen molar-refractivity contribution in [2.75, 3.05) is 0 Å². The molecule has 1 heterocycles. The Kier molecular flexibility index (Phi) is 2.99. The SMILES string of the molecule is O=c1c(O)c(-c2ccccc2)[pH]c2ccc3ccccc3c12. The Morgan fingerprint density at radius 2 is 1.55 bits per heavy atom. The predicted octanol–water partition coefficient (Wildman–Crippen LogP) is 4.76. The molecule has 0 radical (unpaired) electrons.